The lowest BCUT2D eigenvalue weighted by Gasteiger charge is -2.41. The Morgan fingerprint density at radius 2 is 1.44 bits per heavy atom. The first kappa shape index (κ1) is 37.7. The van der Waals surface area contributed by atoms with Crippen molar-refractivity contribution in [1.82, 2.24) is 20.4 Å². The van der Waals surface area contributed by atoms with Gasteiger partial charge < -0.3 is 14.7 Å². The Morgan fingerprint density at radius 3 is 2.14 bits per heavy atom. The summed E-state index contributed by atoms with van der Waals surface area (Å²) in [5.74, 6) is -0.141. The number of hydrogen-bond donors (Lipinski definition) is 2. The van der Waals surface area contributed by atoms with Gasteiger partial charge in [-0.2, -0.15) is 22.7 Å². The highest BCUT2D eigenvalue weighted by atomic mass is 19.4. The van der Waals surface area contributed by atoms with Gasteiger partial charge in [-0.05, 0) is 134 Å². The third kappa shape index (κ3) is 7.74. The monoisotopic (exact) mass is 783 g/mol. The zero-order valence-electron chi connectivity index (χ0n) is 32.1. The number of nitrogens with one attached hydrogen (secondary N) is 2. The van der Waals surface area contributed by atoms with Crippen LogP contribution in [-0.4, -0.2) is 85.6 Å². The fourth-order valence-corrected chi connectivity index (χ4v) is 10.3. The number of piperidine rings is 2. The molecule has 300 valence electrons. The van der Waals surface area contributed by atoms with Crippen LogP contribution in [0.5, 0.6) is 0 Å². The molecule has 5 aliphatic rings. The van der Waals surface area contributed by atoms with Crippen LogP contribution >= 0.6 is 0 Å². The molecule has 13 heteroatoms. The number of carbonyl (C=O) groups excluding carboxylic acids is 2. The van der Waals surface area contributed by atoms with Crippen molar-refractivity contribution >= 4 is 45.5 Å². The van der Waals surface area contributed by atoms with E-state index in [0.29, 0.717) is 71.2 Å². The molecule has 0 saturated carbocycles. The molecule has 1 aliphatic carbocycles. The van der Waals surface area contributed by atoms with E-state index in [9.17, 15) is 27.2 Å². The number of aryl methyl sites for hydroxylation is 1. The molecule has 4 aliphatic heterocycles. The van der Waals surface area contributed by atoms with Gasteiger partial charge in [0.15, 0.2) is 0 Å². The number of imide groups is 1. The molecular weight excluding hydrogens is 735 g/mol. The molecule has 0 bridgehead atoms. The molecule has 3 aromatic carbocycles. The number of amides is 3. The lowest BCUT2D eigenvalue weighted by Crippen LogP contribution is -2.49. The van der Waals surface area contributed by atoms with Gasteiger partial charge in [0.05, 0.1) is 17.3 Å². The molecule has 0 atom stereocenters. The quantitative estimate of drug-likeness (QED) is 0.183. The van der Waals surface area contributed by atoms with E-state index in [1.54, 1.807) is 11.0 Å². The predicted octanol–water partition coefficient (Wildman–Crippen LogP) is 8.45. The molecule has 9 rings (SSSR count). The predicted molar refractivity (Wildman–Crippen MR) is 214 cm³/mol. The van der Waals surface area contributed by atoms with Crippen LogP contribution in [0.1, 0.15) is 74.5 Å². The third-order valence-corrected chi connectivity index (χ3v) is 13.3. The van der Waals surface area contributed by atoms with Gasteiger partial charge in [-0.3, -0.25) is 20.1 Å². The second kappa shape index (κ2) is 15.1. The largest absolute Gasteiger partial charge is 0.392 e. The third-order valence-electron chi connectivity index (χ3n) is 13.3. The van der Waals surface area contributed by atoms with Crippen molar-refractivity contribution in [2.75, 3.05) is 67.1 Å². The van der Waals surface area contributed by atoms with Crippen molar-refractivity contribution in [2.45, 2.75) is 70.4 Å². The first-order valence-electron chi connectivity index (χ1n) is 20.5. The Morgan fingerprint density at radius 1 is 0.772 bits per heavy atom. The highest BCUT2D eigenvalue weighted by Crippen LogP contribution is 2.44. The van der Waals surface area contributed by atoms with E-state index < -0.39 is 18.5 Å². The second-order valence-electron chi connectivity index (χ2n) is 16.9. The first-order chi connectivity index (χ1) is 27.5. The summed E-state index contributed by atoms with van der Waals surface area (Å²) in [7, 11) is 0. The number of urea groups is 1. The Balaban J connectivity index is 0.794. The van der Waals surface area contributed by atoms with Crippen LogP contribution in [0.15, 0.2) is 66.2 Å². The SMILES string of the molecule is O=C1CCN(c2ccc(N3CCC4(CCN(CC5CCN(c6ccc(C7=C(CC(F)(F)F)CCCc8c7ccc7n[nH]c(F)c87)cc6)CC5)C4)CC3)cc2)C(=O)N1. The number of anilines is 3. The van der Waals surface area contributed by atoms with Crippen LogP contribution in [-0.2, 0) is 11.2 Å². The molecule has 4 aromatic rings. The van der Waals surface area contributed by atoms with Crippen LogP contribution in [0.3, 0.4) is 0 Å². The minimum Gasteiger partial charge on any atom is -0.372 e. The molecule has 5 heterocycles. The minimum atomic E-state index is -4.34. The lowest BCUT2D eigenvalue weighted by molar-refractivity contribution is -0.127. The number of halogens is 4. The highest BCUT2D eigenvalue weighted by Gasteiger charge is 2.41. The molecule has 9 nitrogen and oxygen atoms in total. The summed E-state index contributed by atoms with van der Waals surface area (Å²) in [6.45, 7) is 7.74. The number of H-pyrrole nitrogens is 1. The van der Waals surface area contributed by atoms with Gasteiger partial charge in [0, 0.05) is 69.3 Å². The summed E-state index contributed by atoms with van der Waals surface area (Å²) >= 11 is 0. The maximum Gasteiger partial charge on any atom is 0.392 e. The number of benzene rings is 3. The first-order valence-corrected chi connectivity index (χ1v) is 20.5. The Hall–Kier alpha value is -4.91. The average Bonchev–Trinajstić information content (AvgIpc) is 3.72. The average molecular weight is 784 g/mol. The topological polar surface area (TPSA) is 87.8 Å². The van der Waals surface area contributed by atoms with Crippen molar-refractivity contribution < 1.29 is 27.2 Å². The van der Waals surface area contributed by atoms with Gasteiger partial charge in [-0.1, -0.05) is 23.8 Å². The van der Waals surface area contributed by atoms with Gasteiger partial charge in [0.2, 0.25) is 11.9 Å². The van der Waals surface area contributed by atoms with Crippen LogP contribution in [0.25, 0.3) is 16.5 Å². The molecule has 2 N–H and O–H groups in total. The summed E-state index contributed by atoms with van der Waals surface area (Å²) in [5.41, 5.74) is 6.95. The standard InChI is InChI=1S/C44H49F4N7O2/c45-41-40-35-3-1-2-31(26-44(46,47)48)39(36(35)12-13-37(40)50-51-41)30-4-6-32(7-5-30)53-20-14-29(15-21-53)27-52-23-17-43(28-52)18-24-54(25-19-43)33-8-10-34(11-9-33)55-22-16-38(56)49-42(55)57/h4-13,29H,1-3,14-28H2,(H,50,51)(H,49,56,57). The number of carbonyl (C=O) groups is 2. The number of fused-ring (bicyclic) bond motifs is 3. The maximum absolute atomic E-state index is 14.8. The van der Waals surface area contributed by atoms with Crippen molar-refractivity contribution in [3.8, 4) is 0 Å². The summed E-state index contributed by atoms with van der Waals surface area (Å²) in [6.07, 6.45) is 2.07. The smallest absolute Gasteiger partial charge is 0.372 e. The van der Waals surface area contributed by atoms with E-state index in [1.165, 1.54) is 24.9 Å². The van der Waals surface area contributed by atoms with Crippen molar-refractivity contribution in [3.05, 3.63) is 88.9 Å². The molecule has 0 radical (unpaired) electrons. The zero-order valence-corrected chi connectivity index (χ0v) is 32.1. The summed E-state index contributed by atoms with van der Waals surface area (Å²) < 4.78 is 56.5. The van der Waals surface area contributed by atoms with Crippen molar-refractivity contribution in [2.24, 2.45) is 11.3 Å². The molecule has 57 heavy (non-hydrogen) atoms. The normalized spacial score (nSPS) is 21.1. The van der Waals surface area contributed by atoms with E-state index >= 15 is 0 Å². The fraction of sp³-hybridized carbons (Fsp3) is 0.477. The Bertz CT molecular complexity index is 2170. The number of allylic oxidation sites excluding steroid dienone is 1. The van der Waals surface area contributed by atoms with Gasteiger partial charge in [0.1, 0.15) is 0 Å². The fourth-order valence-electron chi connectivity index (χ4n) is 10.3. The number of aromatic amines is 1. The van der Waals surface area contributed by atoms with Gasteiger partial charge in [0.25, 0.3) is 0 Å². The molecule has 1 spiro atoms. The number of aromatic nitrogens is 2. The van der Waals surface area contributed by atoms with E-state index in [-0.39, 0.29) is 11.9 Å². The van der Waals surface area contributed by atoms with Gasteiger partial charge >= 0.3 is 12.2 Å². The molecule has 1 aromatic heterocycles. The van der Waals surface area contributed by atoms with Crippen LogP contribution in [0.4, 0.5) is 39.4 Å². The number of likely N-dealkylation sites (tertiary alicyclic amines) is 1. The van der Waals surface area contributed by atoms with Crippen molar-refractivity contribution in [1.29, 1.82) is 0 Å². The minimum absolute atomic E-state index is 0.228. The van der Waals surface area contributed by atoms with Gasteiger partial charge in [-0.25, -0.2) is 4.79 Å². The Kier molecular flexibility index (Phi) is 9.99. The summed E-state index contributed by atoms with van der Waals surface area (Å²) in [4.78, 5) is 32.9. The Labute approximate surface area is 330 Å². The summed E-state index contributed by atoms with van der Waals surface area (Å²) in [5, 5.41) is 9.23. The number of hydrogen-bond acceptors (Lipinski definition) is 6. The maximum atomic E-state index is 14.8. The zero-order chi connectivity index (χ0) is 39.3. The van der Waals surface area contributed by atoms with E-state index in [0.717, 1.165) is 81.2 Å². The van der Waals surface area contributed by atoms with E-state index in [4.69, 9.17) is 0 Å². The summed E-state index contributed by atoms with van der Waals surface area (Å²) in [6, 6.07) is 19.2. The van der Waals surface area contributed by atoms with Crippen molar-refractivity contribution in [3.63, 3.8) is 0 Å². The number of nitrogens with zero attached hydrogens (tertiary/aromatic N) is 5. The van der Waals surface area contributed by atoms with E-state index in [2.05, 4.69) is 42.3 Å². The molecule has 3 amide bonds. The van der Waals surface area contributed by atoms with Crippen LogP contribution in [0, 0.1) is 17.3 Å². The molecule has 0 unspecified atom stereocenters. The molecular formula is C44H49F4N7O2. The lowest BCUT2D eigenvalue weighted by atomic mass is 9.77. The number of rotatable bonds is 7. The van der Waals surface area contributed by atoms with E-state index in [1.807, 2.05) is 42.5 Å². The van der Waals surface area contributed by atoms with Crippen LogP contribution < -0.4 is 20.0 Å². The highest BCUT2D eigenvalue weighted by molar-refractivity contribution is 6.05. The molecule has 4 saturated heterocycles. The van der Waals surface area contributed by atoms with Crippen LogP contribution in [0.2, 0.25) is 0 Å². The second-order valence-corrected chi connectivity index (χ2v) is 16.9. The molecule has 4 fully saturated rings. The van der Waals surface area contributed by atoms with Gasteiger partial charge in [-0.15, -0.1) is 0 Å². The number of alkyl halides is 3.